The van der Waals surface area contributed by atoms with Gasteiger partial charge in [0, 0.05) is 43.9 Å². The van der Waals surface area contributed by atoms with Crippen LogP contribution in [0.4, 0.5) is 0 Å². The molecule has 0 unspecified atom stereocenters. The molecule has 0 bridgehead atoms. The number of aryl methyl sites for hydroxylation is 1. The van der Waals surface area contributed by atoms with Gasteiger partial charge in [-0.1, -0.05) is 48.5 Å². The minimum Gasteiger partial charge on any atom is -0.339 e. The van der Waals surface area contributed by atoms with Gasteiger partial charge in [0.15, 0.2) is 0 Å². The van der Waals surface area contributed by atoms with E-state index in [2.05, 4.69) is 9.97 Å². The van der Waals surface area contributed by atoms with Crippen LogP contribution in [-0.4, -0.2) is 57.8 Å². The number of nitrogens with zero attached hydrogens (tertiary/aromatic N) is 4. The Balaban J connectivity index is 1.51. The fourth-order valence-corrected chi connectivity index (χ4v) is 4.44. The van der Waals surface area contributed by atoms with E-state index in [0.717, 1.165) is 17.5 Å². The van der Waals surface area contributed by atoms with Crippen LogP contribution in [0.25, 0.3) is 11.1 Å². The molecule has 0 saturated carbocycles. The molecule has 6 nitrogen and oxygen atoms in total. The predicted octanol–water partition coefficient (Wildman–Crippen LogP) is 4.56. The molecule has 0 radical (unpaired) electrons. The Morgan fingerprint density at radius 3 is 2.39 bits per heavy atom. The van der Waals surface area contributed by atoms with E-state index in [9.17, 15) is 9.59 Å². The minimum absolute atomic E-state index is 0.0296. The van der Waals surface area contributed by atoms with Crippen molar-refractivity contribution in [3.63, 3.8) is 0 Å². The van der Waals surface area contributed by atoms with Gasteiger partial charge in [-0.3, -0.25) is 9.59 Å². The molecule has 1 aliphatic rings. The van der Waals surface area contributed by atoms with E-state index in [1.165, 1.54) is 0 Å². The highest BCUT2D eigenvalue weighted by molar-refractivity contribution is 6.01. The summed E-state index contributed by atoms with van der Waals surface area (Å²) in [5, 5.41) is 0. The Morgan fingerprint density at radius 1 is 1.00 bits per heavy atom. The maximum atomic E-state index is 13.4. The average Bonchev–Trinajstić information content (AvgIpc) is 3.35. The predicted molar refractivity (Wildman–Crippen MR) is 129 cm³/mol. The molecule has 3 aromatic rings. The van der Waals surface area contributed by atoms with Crippen molar-refractivity contribution < 1.29 is 9.59 Å². The number of hydrogen-bond donors (Lipinski definition) is 0. The number of rotatable bonds is 6. The second-order valence-electron chi connectivity index (χ2n) is 8.35. The van der Waals surface area contributed by atoms with Gasteiger partial charge in [0.05, 0.1) is 11.3 Å². The SMILES string of the molecule is CCN(CC)C(=O)c1cnc([C@H]2CCN(C(=O)c3ccccc3-c3ccccc3)C2)nc1C. The van der Waals surface area contributed by atoms with Crippen molar-refractivity contribution in [2.24, 2.45) is 0 Å². The Hall–Kier alpha value is -3.54. The van der Waals surface area contributed by atoms with Gasteiger partial charge in [0.1, 0.15) is 5.82 Å². The van der Waals surface area contributed by atoms with E-state index in [-0.39, 0.29) is 17.7 Å². The molecule has 1 fully saturated rings. The topological polar surface area (TPSA) is 66.4 Å². The molecule has 0 spiro atoms. The number of carbonyl (C=O) groups is 2. The van der Waals surface area contributed by atoms with Crippen molar-refractivity contribution >= 4 is 11.8 Å². The van der Waals surface area contributed by atoms with Crippen LogP contribution in [0.1, 0.15) is 58.4 Å². The summed E-state index contributed by atoms with van der Waals surface area (Å²) in [6.45, 7) is 8.33. The van der Waals surface area contributed by atoms with E-state index in [0.29, 0.717) is 48.8 Å². The van der Waals surface area contributed by atoms with Gasteiger partial charge >= 0.3 is 0 Å². The molecule has 0 N–H and O–H groups in total. The molecule has 2 amide bonds. The average molecular weight is 443 g/mol. The summed E-state index contributed by atoms with van der Waals surface area (Å²) < 4.78 is 0. The molecule has 0 aliphatic carbocycles. The normalized spacial score (nSPS) is 15.5. The van der Waals surface area contributed by atoms with Gasteiger partial charge < -0.3 is 9.80 Å². The molecule has 1 saturated heterocycles. The third-order valence-corrected chi connectivity index (χ3v) is 6.36. The fourth-order valence-electron chi connectivity index (χ4n) is 4.44. The van der Waals surface area contributed by atoms with E-state index >= 15 is 0 Å². The zero-order chi connectivity index (χ0) is 23.4. The molecular weight excluding hydrogens is 412 g/mol. The van der Waals surface area contributed by atoms with Crippen molar-refractivity contribution in [3.05, 3.63) is 83.4 Å². The first-order chi connectivity index (χ1) is 16.0. The quantitative estimate of drug-likeness (QED) is 0.561. The summed E-state index contributed by atoms with van der Waals surface area (Å²) in [7, 11) is 0. The molecule has 2 heterocycles. The highest BCUT2D eigenvalue weighted by Crippen LogP contribution is 2.30. The standard InChI is InChI=1S/C27H30N4O2/c1-4-30(5-2)27(33)24-17-28-25(29-19(24)3)21-15-16-31(18-21)26(32)23-14-10-9-13-22(23)20-11-7-6-8-12-20/h6-14,17,21H,4-5,15-16,18H2,1-3H3/t21-/m0/s1. The lowest BCUT2D eigenvalue weighted by molar-refractivity contribution is 0.0769. The molecular formula is C27H30N4O2. The summed E-state index contributed by atoms with van der Waals surface area (Å²) >= 11 is 0. The van der Waals surface area contributed by atoms with E-state index < -0.39 is 0 Å². The van der Waals surface area contributed by atoms with Crippen LogP contribution >= 0.6 is 0 Å². The smallest absolute Gasteiger partial charge is 0.257 e. The summed E-state index contributed by atoms with van der Waals surface area (Å²) in [4.78, 5) is 39.0. The first-order valence-corrected chi connectivity index (χ1v) is 11.6. The van der Waals surface area contributed by atoms with Crippen LogP contribution in [0.2, 0.25) is 0 Å². The number of likely N-dealkylation sites (tertiary alicyclic amines) is 1. The maximum Gasteiger partial charge on any atom is 0.257 e. The lowest BCUT2D eigenvalue weighted by Crippen LogP contribution is -2.31. The number of aromatic nitrogens is 2. The van der Waals surface area contributed by atoms with Crippen LogP contribution < -0.4 is 0 Å². The largest absolute Gasteiger partial charge is 0.339 e. The first-order valence-electron chi connectivity index (χ1n) is 11.6. The van der Waals surface area contributed by atoms with Crippen LogP contribution in [0, 0.1) is 6.92 Å². The number of carbonyl (C=O) groups excluding carboxylic acids is 2. The molecule has 33 heavy (non-hydrogen) atoms. The van der Waals surface area contributed by atoms with E-state index in [1.807, 2.05) is 80.3 Å². The third-order valence-electron chi connectivity index (χ3n) is 6.36. The third kappa shape index (κ3) is 4.65. The summed E-state index contributed by atoms with van der Waals surface area (Å²) in [6.07, 6.45) is 2.45. The van der Waals surface area contributed by atoms with Crippen molar-refractivity contribution in [1.82, 2.24) is 19.8 Å². The van der Waals surface area contributed by atoms with Crippen molar-refractivity contribution in [2.45, 2.75) is 33.1 Å². The van der Waals surface area contributed by atoms with Crippen molar-refractivity contribution in [1.29, 1.82) is 0 Å². The molecule has 1 atom stereocenters. The Labute approximate surface area is 195 Å². The van der Waals surface area contributed by atoms with Crippen LogP contribution in [0.15, 0.2) is 60.8 Å². The summed E-state index contributed by atoms with van der Waals surface area (Å²) in [5.41, 5.74) is 3.92. The lowest BCUT2D eigenvalue weighted by atomic mass is 9.99. The van der Waals surface area contributed by atoms with E-state index in [1.54, 1.807) is 11.1 Å². The van der Waals surface area contributed by atoms with Gasteiger partial charge in [-0.2, -0.15) is 0 Å². The number of hydrogen-bond acceptors (Lipinski definition) is 4. The van der Waals surface area contributed by atoms with Crippen molar-refractivity contribution in [2.75, 3.05) is 26.2 Å². The first kappa shape index (κ1) is 22.6. The van der Waals surface area contributed by atoms with Gasteiger partial charge in [0.25, 0.3) is 11.8 Å². The van der Waals surface area contributed by atoms with Gasteiger partial charge in [-0.15, -0.1) is 0 Å². The minimum atomic E-state index is -0.0372. The molecule has 6 heteroatoms. The summed E-state index contributed by atoms with van der Waals surface area (Å²) in [6, 6.07) is 17.7. The van der Waals surface area contributed by atoms with E-state index in [4.69, 9.17) is 0 Å². The zero-order valence-corrected chi connectivity index (χ0v) is 19.5. The molecule has 1 aliphatic heterocycles. The Bertz CT molecular complexity index is 1140. The van der Waals surface area contributed by atoms with Crippen LogP contribution in [0.5, 0.6) is 0 Å². The monoisotopic (exact) mass is 442 g/mol. The zero-order valence-electron chi connectivity index (χ0n) is 19.5. The maximum absolute atomic E-state index is 13.4. The van der Waals surface area contributed by atoms with Gasteiger partial charge in [-0.05, 0) is 44.4 Å². The van der Waals surface area contributed by atoms with Crippen molar-refractivity contribution in [3.8, 4) is 11.1 Å². The molecule has 170 valence electrons. The fraction of sp³-hybridized carbons (Fsp3) is 0.333. The van der Waals surface area contributed by atoms with Crippen LogP contribution in [0.3, 0.4) is 0 Å². The highest BCUT2D eigenvalue weighted by Gasteiger charge is 2.31. The molecule has 1 aromatic heterocycles. The second-order valence-corrected chi connectivity index (χ2v) is 8.35. The number of amides is 2. The Kier molecular flexibility index (Phi) is 6.82. The number of benzene rings is 2. The van der Waals surface area contributed by atoms with Gasteiger partial charge in [-0.25, -0.2) is 9.97 Å². The second kappa shape index (κ2) is 9.94. The highest BCUT2D eigenvalue weighted by atomic mass is 16.2. The summed E-state index contributed by atoms with van der Waals surface area (Å²) in [5.74, 6) is 0.760. The van der Waals surface area contributed by atoms with Crippen LogP contribution in [-0.2, 0) is 0 Å². The lowest BCUT2D eigenvalue weighted by Gasteiger charge is -2.20. The molecule has 2 aromatic carbocycles. The van der Waals surface area contributed by atoms with Gasteiger partial charge in [0.2, 0.25) is 0 Å². The Morgan fingerprint density at radius 2 is 1.70 bits per heavy atom. The molecule has 4 rings (SSSR count).